The highest BCUT2D eigenvalue weighted by atomic mass is 127. The maximum atomic E-state index is 11.6. The molecule has 0 aromatic rings. The van der Waals surface area contributed by atoms with E-state index < -0.39 is 17.3 Å². The third kappa shape index (κ3) is 6.76. The van der Waals surface area contributed by atoms with Crippen molar-refractivity contribution in [2.45, 2.75) is 51.4 Å². The number of hydrogen-bond acceptors (Lipinski definition) is 4. The SMILES string of the molecule is CC(C)(C)OC(=O)NCC(C)(CI)OC1CCOC1. The summed E-state index contributed by atoms with van der Waals surface area (Å²) in [5, 5.41) is 2.77. The molecule has 112 valence electrons. The van der Waals surface area contributed by atoms with Crippen molar-refractivity contribution in [2.24, 2.45) is 0 Å². The molecule has 0 saturated carbocycles. The second-order valence-corrected chi connectivity index (χ2v) is 6.81. The molecule has 2 atom stereocenters. The van der Waals surface area contributed by atoms with Crippen LogP contribution in [0.25, 0.3) is 0 Å². The Morgan fingerprint density at radius 2 is 2.11 bits per heavy atom. The molecule has 1 saturated heterocycles. The van der Waals surface area contributed by atoms with E-state index in [2.05, 4.69) is 27.9 Å². The zero-order valence-corrected chi connectivity index (χ0v) is 14.3. The van der Waals surface area contributed by atoms with Crippen molar-refractivity contribution in [3.8, 4) is 0 Å². The fraction of sp³-hybridized carbons (Fsp3) is 0.923. The van der Waals surface area contributed by atoms with E-state index in [9.17, 15) is 4.79 Å². The fourth-order valence-corrected chi connectivity index (χ4v) is 2.15. The zero-order chi connectivity index (χ0) is 14.5. The molecule has 1 rings (SSSR count). The summed E-state index contributed by atoms with van der Waals surface area (Å²) in [6.07, 6.45) is 0.633. The van der Waals surface area contributed by atoms with E-state index in [1.54, 1.807) is 0 Å². The molecular weight excluding hydrogens is 361 g/mol. The van der Waals surface area contributed by atoms with E-state index >= 15 is 0 Å². The summed E-state index contributed by atoms with van der Waals surface area (Å²) < 4.78 is 17.3. The Labute approximate surface area is 128 Å². The van der Waals surface area contributed by atoms with Gasteiger partial charge in [0, 0.05) is 11.0 Å². The topological polar surface area (TPSA) is 56.8 Å². The van der Waals surface area contributed by atoms with Crippen LogP contribution in [0.15, 0.2) is 0 Å². The van der Waals surface area contributed by atoms with Crippen molar-refractivity contribution >= 4 is 28.7 Å². The highest BCUT2D eigenvalue weighted by molar-refractivity contribution is 14.1. The van der Waals surface area contributed by atoms with Crippen LogP contribution in [0.2, 0.25) is 0 Å². The standard InChI is InChI=1S/C13H24INO4/c1-12(2,3)19-11(16)15-9-13(4,8-14)18-10-5-6-17-7-10/h10H,5-9H2,1-4H3,(H,15,16). The van der Waals surface area contributed by atoms with Crippen molar-refractivity contribution in [3.63, 3.8) is 0 Å². The first-order valence-corrected chi connectivity index (χ1v) is 8.05. The Bertz CT molecular complexity index is 300. The Morgan fingerprint density at radius 1 is 1.42 bits per heavy atom. The Hall–Kier alpha value is -0.0800. The van der Waals surface area contributed by atoms with E-state index in [0.29, 0.717) is 13.2 Å². The van der Waals surface area contributed by atoms with Gasteiger partial charge in [0.15, 0.2) is 0 Å². The average Bonchev–Trinajstić information content (AvgIpc) is 2.77. The van der Waals surface area contributed by atoms with E-state index in [4.69, 9.17) is 14.2 Å². The number of hydrogen-bond donors (Lipinski definition) is 1. The molecule has 0 aliphatic carbocycles. The maximum absolute atomic E-state index is 11.6. The lowest BCUT2D eigenvalue weighted by Crippen LogP contribution is -2.47. The molecule has 1 aliphatic heterocycles. The first-order chi connectivity index (χ1) is 8.74. The number of alkyl carbamates (subject to hydrolysis) is 1. The van der Waals surface area contributed by atoms with E-state index in [1.165, 1.54) is 0 Å². The van der Waals surface area contributed by atoms with Crippen LogP contribution in [-0.2, 0) is 14.2 Å². The minimum Gasteiger partial charge on any atom is -0.444 e. The monoisotopic (exact) mass is 385 g/mol. The van der Waals surface area contributed by atoms with Gasteiger partial charge in [-0.25, -0.2) is 4.79 Å². The van der Waals surface area contributed by atoms with E-state index in [1.807, 2.05) is 27.7 Å². The molecule has 0 bridgehead atoms. The number of rotatable bonds is 5. The molecule has 5 nitrogen and oxygen atoms in total. The van der Waals surface area contributed by atoms with E-state index in [0.717, 1.165) is 17.5 Å². The van der Waals surface area contributed by atoms with Crippen LogP contribution in [0.4, 0.5) is 4.79 Å². The van der Waals surface area contributed by atoms with Crippen LogP contribution < -0.4 is 5.32 Å². The second kappa shape index (κ2) is 7.08. The molecule has 1 N–H and O–H groups in total. The molecule has 0 aromatic carbocycles. The van der Waals surface area contributed by atoms with Crippen LogP contribution in [0.3, 0.4) is 0 Å². The number of carbonyl (C=O) groups excluding carboxylic acids is 1. The molecule has 6 heteroatoms. The smallest absolute Gasteiger partial charge is 0.407 e. The molecule has 0 spiro atoms. The van der Waals surface area contributed by atoms with Gasteiger partial charge in [-0.1, -0.05) is 22.6 Å². The maximum Gasteiger partial charge on any atom is 0.407 e. The van der Waals surface area contributed by atoms with Gasteiger partial charge in [0.05, 0.1) is 24.9 Å². The number of carbonyl (C=O) groups is 1. The van der Waals surface area contributed by atoms with Gasteiger partial charge in [0.1, 0.15) is 5.60 Å². The third-order valence-electron chi connectivity index (χ3n) is 2.63. The molecular formula is C13H24INO4. The summed E-state index contributed by atoms with van der Waals surface area (Å²) in [7, 11) is 0. The van der Waals surface area contributed by atoms with Gasteiger partial charge < -0.3 is 19.5 Å². The highest BCUT2D eigenvalue weighted by Gasteiger charge is 2.31. The van der Waals surface area contributed by atoms with Gasteiger partial charge in [-0.15, -0.1) is 0 Å². The number of ether oxygens (including phenoxy) is 3. The third-order valence-corrected chi connectivity index (χ3v) is 4.24. The minimum atomic E-state index is -0.481. The summed E-state index contributed by atoms with van der Waals surface area (Å²) in [6, 6.07) is 0. The molecule has 19 heavy (non-hydrogen) atoms. The van der Waals surface area contributed by atoms with Crippen LogP contribution in [0.5, 0.6) is 0 Å². The number of alkyl halides is 1. The average molecular weight is 385 g/mol. The summed E-state index contributed by atoms with van der Waals surface area (Å²) in [5.41, 5.74) is -0.874. The van der Waals surface area contributed by atoms with Crippen LogP contribution in [0, 0.1) is 0 Å². The van der Waals surface area contributed by atoms with Crippen molar-refractivity contribution in [1.29, 1.82) is 0 Å². The molecule has 1 heterocycles. The lowest BCUT2D eigenvalue weighted by molar-refractivity contribution is -0.0661. The Kier molecular flexibility index (Phi) is 6.32. The zero-order valence-electron chi connectivity index (χ0n) is 12.1. The van der Waals surface area contributed by atoms with Crippen molar-refractivity contribution < 1.29 is 19.0 Å². The lowest BCUT2D eigenvalue weighted by Gasteiger charge is -2.31. The highest BCUT2D eigenvalue weighted by Crippen LogP contribution is 2.20. The first kappa shape index (κ1) is 17.0. The molecule has 2 unspecified atom stereocenters. The lowest BCUT2D eigenvalue weighted by atomic mass is 10.1. The summed E-state index contributed by atoms with van der Waals surface area (Å²) >= 11 is 2.27. The number of nitrogens with one attached hydrogen (secondary N) is 1. The first-order valence-electron chi connectivity index (χ1n) is 6.52. The molecule has 1 fully saturated rings. The Morgan fingerprint density at radius 3 is 2.58 bits per heavy atom. The normalized spacial score (nSPS) is 22.9. The van der Waals surface area contributed by atoms with Gasteiger partial charge in [0.2, 0.25) is 0 Å². The molecule has 1 amide bonds. The minimum absolute atomic E-state index is 0.125. The molecule has 0 aromatic heterocycles. The van der Waals surface area contributed by atoms with E-state index in [-0.39, 0.29) is 6.10 Å². The Balaban J connectivity index is 2.39. The molecule has 1 aliphatic rings. The van der Waals surface area contributed by atoms with Crippen LogP contribution in [-0.4, -0.2) is 47.6 Å². The van der Waals surface area contributed by atoms with Gasteiger partial charge >= 0.3 is 6.09 Å². The van der Waals surface area contributed by atoms with Crippen LogP contribution in [0.1, 0.15) is 34.1 Å². The van der Waals surface area contributed by atoms with Crippen molar-refractivity contribution in [3.05, 3.63) is 0 Å². The second-order valence-electron chi connectivity index (χ2n) is 6.04. The quantitative estimate of drug-likeness (QED) is 0.584. The van der Waals surface area contributed by atoms with Crippen LogP contribution >= 0.6 is 22.6 Å². The number of halogens is 1. The fourth-order valence-electron chi connectivity index (χ4n) is 1.70. The largest absolute Gasteiger partial charge is 0.444 e. The van der Waals surface area contributed by atoms with Gasteiger partial charge in [0.25, 0.3) is 0 Å². The van der Waals surface area contributed by atoms with Crippen molar-refractivity contribution in [1.82, 2.24) is 5.32 Å². The van der Waals surface area contributed by atoms with Gasteiger partial charge in [-0.3, -0.25) is 0 Å². The molecule has 0 radical (unpaired) electrons. The summed E-state index contributed by atoms with van der Waals surface area (Å²) in [4.78, 5) is 11.6. The summed E-state index contributed by atoms with van der Waals surface area (Å²) in [6.45, 7) is 9.35. The predicted octanol–water partition coefficient (Wildman–Crippen LogP) is 2.51. The van der Waals surface area contributed by atoms with Crippen molar-refractivity contribution in [2.75, 3.05) is 24.2 Å². The van der Waals surface area contributed by atoms with Gasteiger partial charge in [-0.2, -0.15) is 0 Å². The predicted molar refractivity (Wildman–Crippen MR) is 81.8 cm³/mol. The number of amides is 1. The summed E-state index contributed by atoms with van der Waals surface area (Å²) in [5.74, 6) is 0. The van der Waals surface area contributed by atoms with Gasteiger partial charge in [-0.05, 0) is 34.1 Å².